The molecule has 1 aromatic carbocycles. The molecule has 0 unspecified atom stereocenters. The van der Waals surface area contributed by atoms with Crippen LogP contribution in [0.1, 0.15) is 25.0 Å². The van der Waals surface area contributed by atoms with Crippen LogP contribution in [0.3, 0.4) is 0 Å². The number of likely N-dealkylation sites (tertiary alicyclic amines) is 1. The van der Waals surface area contributed by atoms with Gasteiger partial charge in [0.15, 0.2) is 5.82 Å². The van der Waals surface area contributed by atoms with Crippen molar-refractivity contribution < 1.29 is 9.53 Å². The smallest absolute Gasteiger partial charge is 0.222 e. The van der Waals surface area contributed by atoms with Gasteiger partial charge in [-0.3, -0.25) is 4.79 Å². The van der Waals surface area contributed by atoms with Crippen molar-refractivity contribution in [1.29, 1.82) is 0 Å². The molecule has 1 N–H and O–H groups in total. The molecule has 25 heavy (non-hydrogen) atoms. The minimum Gasteiger partial charge on any atom is -0.497 e. The van der Waals surface area contributed by atoms with Gasteiger partial charge in [0.25, 0.3) is 0 Å². The van der Waals surface area contributed by atoms with Crippen LogP contribution in [0.5, 0.6) is 5.75 Å². The van der Waals surface area contributed by atoms with Crippen LogP contribution < -0.4 is 10.1 Å². The fraction of sp³-hybridized carbons (Fsp3) is 0.421. The highest BCUT2D eigenvalue weighted by Gasteiger charge is 2.18. The summed E-state index contributed by atoms with van der Waals surface area (Å²) in [7, 11) is 1.65. The summed E-state index contributed by atoms with van der Waals surface area (Å²) in [5, 5.41) is 3.34. The van der Waals surface area contributed by atoms with Gasteiger partial charge in [-0.2, -0.15) is 0 Å². The van der Waals surface area contributed by atoms with E-state index < -0.39 is 0 Å². The summed E-state index contributed by atoms with van der Waals surface area (Å²) in [4.78, 5) is 22.7. The lowest BCUT2D eigenvalue weighted by atomic mass is 10.2. The third kappa shape index (κ3) is 4.47. The monoisotopic (exact) mass is 340 g/mol. The van der Waals surface area contributed by atoms with E-state index in [1.807, 2.05) is 42.2 Å². The first kappa shape index (κ1) is 17.2. The molecule has 0 saturated carbocycles. The molecule has 1 amide bonds. The van der Waals surface area contributed by atoms with Crippen LogP contribution in [0.15, 0.2) is 30.3 Å². The first-order chi connectivity index (χ1) is 12.2. The standard InChI is InChI=1S/C19H24N4O2/c1-14-13-17(20-10-4-12-23-11-3-5-18(23)24)22-19(21-14)15-6-8-16(25-2)9-7-15/h6-9,13H,3-5,10-12H2,1-2H3,(H,20,21,22). The first-order valence-electron chi connectivity index (χ1n) is 8.67. The van der Waals surface area contributed by atoms with Gasteiger partial charge in [0.05, 0.1) is 7.11 Å². The van der Waals surface area contributed by atoms with E-state index in [1.165, 1.54) is 0 Å². The quantitative estimate of drug-likeness (QED) is 0.785. The SMILES string of the molecule is COc1ccc(-c2nc(C)cc(NCCCN3CCCC3=O)n2)cc1. The molecular formula is C19H24N4O2. The lowest BCUT2D eigenvalue weighted by molar-refractivity contribution is -0.127. The van der Waals surface area contributed by atoms with Crippen molar-refractivity contribution in [1.82, 2.24) is 14.9 Å². The maximum Gasteiger partial charge on any atom is 0.222 e. The van der Waals surface area contributed by atoms with E-state index in [2.05, 4.69) is 15.3 Å². The summed E-state index contributed by atoms with van der Waals surface area (Å²) < 4.78 is 5.19. The first-order valence-corrected chi connectivity index (χ1v) is 8.67. The average molecular weight is 340 g/mol. The molecule has 0 aliphatic carbocycles. The lowest BCUT2D eigenvalue weighted by Crippen LogP contribution is -2.27. The second-order valence-electron chi connectivity index (χ2n) is 6.21. The molecule has 1 fully saturated rings. The van der Waals surface area contributed by atoms with Crippen molar-refractivity contribution in [2.45, 2.75) is 26.2 Å². The van der Waals surface area contributed by atoms with Crippen LogP contribution in [0.4, 0.5) is 5.82 Å². The van der Waals surface area contributed by atoms with Crippen LogP contribution in [-0.4, -0.2) is 47.5 Å². The van der Waals surface area contributed by atoms with Crippen molar-refractivity contribution in [3.05, 3.63) is 36.0 Å². The summed E-state index contributed by atoms with van der Waals surface area (Å²) in [6.45, 7) is 4.44. The van der Waals surface area contributed by atoms with E-state index in [4.69, 9.17) is 4.74 Å². The number of aryl methyl sites for hydroxylation is 1. The van der Waals surface area contributed by atoms with Gasteiger partial charge in [0.2, 0.25) is 5.91 Å². The second kappa shape index (κ2) is 7.96. The van der Waals surface area contributed by atoms with Crippen LogP contribution in [0.25, 0.3) is 11.4 Å². The normalized spacial score (nSPS) is 14.0. The highest BCUT2D eigenvalue weighted by Crippen LogP contribution is 2.21. The largest absolute Gasteiger partial charge is 0.497 e. The van der Waals surface area contributed by atoms with Gasteiger partial charge in [-0.25, -0.2) is 9.97 Å². The Morgan fingerprint density at radius 2 is 2.04 bits per heavy atom. The van der Waals surface area contributed by atoms with E-state index in [0.29, 0.717) is 12.2 Å². The number of rotatable bonds is 7. The molecule has 2 heterocycles. The van der Waals surface area contributed by atoms with Gasteiger partial charge in [-0.15, -0.1) is 0 Å². The molecule has 0 atom stereocenters. The van der Waals surface area contributed by atoms with Gasteiger partial charge in [-0.05, 0) is 44.0 Å². The summed E-state index contributed by atoms with van der Waals surface area (Å²) in [6, 6.07) is 9.66. The Kier molecular flexibility index (Phi) is 5.48. The summed E-state index contributed by atoms with van der Waals surface area (Å²) in [5.41, 5.74) is 1.87. The topological polar surface area (TPSA) is 67.3 Å². The number of carbonyl (C=O) groups excluding carboxylic acids is 1. The number of nitrogens with zero attached hydrogens (tertiary/aromatic N) is 3. The predicted octanol–water partition coefficient (Wildman–Crippen LogP) is 2.89. The van der Waals surface area contributed by atoms with Crippen molar-refractivity contribution in [3.63, 3.8) is 0 Å². The molecule has 6 heteroatoms. The molecule has 0 bridgehead atoms. The van der Waals surface area contributed by atoms with E-state index in [1.54, 1.807) is 7.11 Å². The number of nitrogens with one attached hydrogen (secondary N) is 1. The van der Waals surface area contributed by atoms with Gasteiger partial charge in [0.1, 0.15) is 11.6 Å². The summed E-state index contributed by atoms with van der Waals surface area (Å²) in [6.07, 6.45) is 2.60. The minimum atomic E-state index is 0.277. The van der Waals surface area contributed by atoms with E-state index in [0.717, 1.165) is 55.3 Å². The fourth-order valence-corrected chi connectivity index (χ4v) is 2.96. The lowest BCUT2D eigenvalue weighted by Gasteiger charge is -2.15. The third-order valence-electron chi connectivity index (χ3n) is 4.28. The minimum absolute atomic E-state index is 0.277. The molecule has 1 aliphatic heterocycles. The fourth-order valence-electron chi connectivity index (χ4n) is 2.96. The van der Waals surface area contributed by atoms with Crippen LogP contribution in [0, 0.1) is 6.92 Å². The highest BCUT2D eigenvalue weighted by molar-refractivity contribution is 5.78. The second-order valence-corrected chi connectivity index (χ2v) is 6.21. The number of methoxy groups -OCH3 is 1. The van der Waals surface area contributed by atoms with Crippen molar-refractivity contribution in [3.8, 4) is 17.1 Å². The summed E-state index contributed by atoms with van der Waals surface area (Å²) >= 11 is 0. The zero-order valence-corrected chi connectivity index (χ0v) is 14.8. The maximum absolute atomic E-state index is 11.6. The number of benzene rings is 1. The van der Waals surface area contributed by atoms with E-state index in [9.17, 15) is 4.79 Å². The molecule has 1 saturated heterocycles. The molecule has 0 radical (unpaired) electrons. The molecule has 132 valence electrons. The van der Waals surface area contributed by atoms with E-state index >= 15 is 0 Å². The molecule has 1 aromatic heterocycles. The Morgan fingerprint density at radius 1 is 1.24 bits per heavy atom. The Balaban J connectivity index is 1.59. The van der Waals surface area contributed by atoms with Gasteiger partial charge in [0, 0.05) is 43.4 Å². The zero-order valence-electron chi connectivity index (χ0n) is 14.8. The number of ether oxygens (including phenoxy) is 1. The number of carbonyl (C=O) groups is 1. The van der Waals surface area contributed by atoms with Crippen LogP contribution in [0.2, 0.25) is 0 Å². The Bertz CT molecular complexity index is 731. The van der Waals surface area contributed by atoms with Gasteiger partial charge >= 0.3 is 0 Å². The van der Waals surface area contributed by atoms with Crippen LogP contribution in [-0.2, 0) is 4.79 Å². The Hall–Kier alpha value is -2.63. The van der Waals surface area contributed by atoms with Crippen molar-refractivity contribution in [2.24, 2.45) is 0 Å². The van der Waals surface area contributed by atoms with Crippen molar-refractivity contribution >= 4 is 11.7 Å². The number of anilines is 1. The zero-order chi connectivity index (χ0) is 17.6. The molecule has 3 rings (SSSR count). The average Bonchev–Trinajstić information content (AvgIpc) is 3.03. The van der Waals surface area contributed by atoms with Crippen LogP contribution >= 0.6 is 0 Å². The third-order valence-corrected chi connectivity index (χ3v) is 4.28. The van der Waals surface area contributed by atoms with Crippen molar-refractivity contribution in [2.75, 3.05) is 32.1 Å². The van der Waals surface area contributed by atoms with Gasteiger partial charge in [-0.1, -0.05) is 0 Å². The number of hydrogen-bond donors (Lipinski definition) is 1. The van der Waals surface area contributed by atoms with Gasteiger partial charge < -0.3 is 15.0 Å². The van der Waals surface area contributed by atoms with E-state index in [-0.39, 0.29) is 5.91 Å². The highest BCUT2D eigenvalue weighted by atomic mass is 16.5. The molecule has 1 aliphatic rings. The number of amides is 1. The number of hydrogen-bond acceptors (Lipinski definition) is 5. The predicted molar refractivity (Wildman–Crippen MR) is 97.7 cm³/mol. The molecule has 6 nitrogen and oxygen atoms in total. The molecule has 2 aromatic rings. The Morgan fingerprint density at radius 3 is 2.72 bits per heavy atom. The molecule has 0 spiro atoms. The molecular weight excluding hydrogens is 316 g/mol. The summed E-state index contributed by atoms with van der Waals surface area (Å²) in [5.74, 6) is 2.59. The number of aromatic nitrogens is 2. The maximum atomic E-state index is 11.6. The Labute approximate surface area is 148 Å².